The number of aromatic nitrogens is 1. The first-order valence-corrected chi connectivity index (χ1v) is 10.1. The molecule has 1 fully saturated rings. The third-order valence-corrected chi connectivity index (χ3v) is 5.62. The van der Waals surface area contributed by atoms with Gasteiger partial charge in [0, 0.05) is 36.9 Å². The molecule has 1 aliphatic heterocycles. The third-order valence-electron chi connectivity index (χ3n) is 4.96. The van der Waals surface area contributed by atoms with Gasteiger partial charge in [0.15, 0.2) is 0 Å². The maximum Gasteiger partial charge on any atom is 0.273 e. The highest BCUT2D eigenvalue weighted by Gasteiger charge is 2.30. The molecule has 138 valence electrons. The Morgan fingerprint density at radius 2 is 1.78 bits per heavy atom. The fourth-order valence-electron chi connectivity index (χ4n) is 3.56. The van der Waals surface area contributed by atoms with Gasteiger partial charge in [0.25, 0.3) is 5.19 Å². The lowest BCUT2D eigenvalue weighted by molar-refractivity contribution is -0.130. The van der Waals surface area contributed by atoms with E-state index in [0.717, 1.165) is 13.0 Å². The number of carbonyl (C=O) groups excluding carboxylic acids is 1. The molecule has 1 amide bonds. The summed E-state index contributed by atoms with van der Waals surface area (Å²) >= 11 is 1.49. The largest absolute Gasteiger partial charge is 0.465 e. The van der Waals surface area contributed by atoms with Crippen LogP contribution in [0.5, 0.6) is 5.19 Å². The first-order valence-electron chi connectivity index (χ1n) is 9.23. The monoisotopic (exact) mass is 378 g/mol. The highest BCUT2D eigenvalue weighted by atomic mass is 32.1. The molecule has 27 heavy (non-hydrogen) atoms. The number of thiazole rings is 1. The Hall–Kier alpha value is -2.66. The molecule has 0 spiro atoms. The third kappa shape index (κ3) is 4.37. The molecule has 1 aliphatic rings. The molecule has 2 heterocycles. The Labute approximate surface area is 163 Å². The van der Waals surface area contributed by atoms with E-state index in [1.54, 1.807) is 6.20 Å². The van der Waals surface area contributed by atoms with Crippen LogP contribution in [0.2, 0.25) is 0 Å². The summed E-state index contributed by atoms with van der Waals surface area (Å²) in [6, 6.07) is 20.5. The summed E-state index contributed by atoms with van der Waals surface area (Å²) < 4.78 is 5.88. The maximum atomic E-state index is 13.0. The number of rotatable bonds is 6. The molecule has 1 unspecified atom stereocenters. The number of nitrogens with zero attached hydrogens (tertiary/aromatic N) is 2. The van der Waals surface area contributed by atoms with Gasteiger partial charge in [-0.3, -0.25) is 4.79 Å². The second-order valence-electron chi connectivity index (χ2n) is 6.74. The predicted octanol–water partition coefficient (Wildman–Crippen LogP) is 4.35. The Morgan fingerprint density at radius 3 is 2.37 bits per heavy atom. The molecule has 2 aromatic carbocycles. The SMILES string of the molecule is O=C(CC(c1ccccc1)c1ccccc1)N1CCC(Oc2nccs2)C1. The number of benzene rings is 2. The zero-order valence-corrected chi connectivity index (χ0v) is 15.8. The highest BCUT2D eigenvalue weighted by molar-refractivity contribution is 7.11. The van der Waals surface area contributed by atoms with Crippen molar-refractivity contribution in [1.29, 1.82) is 0 Å². The van der Waals surface area contributed by atoms with Crippen molar-refractivity contribution in [1.82, 2.24) is 9.88 Å². The van der Waals surface area contributed by atoms with Gasteiger partial charge < -0.3 is 9.64 Å². The first-order chi connectivity index (χ1) is 13.3. The number of carbonyl (C=O) groups is 1. The molecule has 0 N–H and O–H groups in total. The van der Waals surface area contributed by atoms with Crippen molar-refractivity contribution in [2.75, 3.05) is 13.1 Å². The Kier molecular flexibility index (Phi) is 5.49. The van der Waals surface area contributed by atoms with Crippen molar-refractivity contribution < 1.29 is 9.53 Å². The molecule has 1 saturated heterocycles. The van der Waals surface area contributed by atoms with Crippen molar-refractivity contribution in [2.24, 2.45) is 0 Å². The van der Waals surface area contributed by atoms with Crippen LogP contribution >= 0.6 is 11.3 Å². The predicted molar refractivity (Wildman–Crippen MR) is 107 cm³/mol. The van der Waals surface area contributed by atoms with Crippen LogP contribution < -0.4 is 4.74 Å². The summed E-state index contributed by atoms with van der Waals surface area (Å²) in [5, 5.41) is 2.58. The summed E-state index contributed by atoms with van der Waals surface area (Å²) in [6.45, 7) is 1.37. The van der Waals surface area contributed by atoms with Crippen LogP contribution in [0.1, 0.15) is 29.9 Å². The van der Waals surface area contributed by atoms with E-state index in [1.165, 1.54) is 22.5 Å². The van der Waals surface area contributed by atoms with Gasteiger partial charge in [0.05, 0.1) is 6.54 Å². The van der Waals surface area contributed by atoms with Gasteiger partial charge in [-0.05, 0) is 11.1 Å². The highest BCUT2D eigenvalue weighted by Crippen LogP contribution is 2.29. The second-order valence-corrected chi connectivity index (χ2v) is 7.60. The topological polar surface area (TPSA) is 42.4 Å². The number of hydrogen-bond donors (Lipinski definition) is 0. The summed E-state index contributed by atoms with van der Waals surface area (Å²) in [5.74, 6) is 0.247. The zero-order valence-electron chi connectivity index (χ0n) is 15.0. The molecule has 3 aromatic rings. The molecular formula is C22H22N2O2S. The van der Waals surface area contributed by atoms with E-state index in [2.05, 4.69) is 29.2 Å². The van der Waals surface area contributed by atoms with Gasteiger partial charge in [-0.2, -0.15) is 0 Å². The summed E-state index contributed by atoms with van der Waals surface area (Å²) in [7, 11) is 0. The fourth-order valence-corrected chi connectivity index (χ4v) is 4.12. The van der Waals surface area contributed by atoms with Crippen LogP contribution in [0.4, 0.5) is 0 Å². The average Bonchev–Trinajstić information content (AvgIpc) is 3.40. The quantitative estimate of drug-likeness (QED) is 0.641. The van der Waals surface area contributed by atoms with Gasteiger partial charge in [-0.15, -0.1) is 0 Å². The van der Waals surface area contributed by atoms with Crippen LogP contribution in [0.3, 0.4) is 0 Å². The van der Waals surface area contributed by atoms with Crippen LogP contribution in [0, 0.1) is 0 Å². The van der Waals surface area contributed by atoms with Crippen molar-refractivity contribution in [2.45, 2.75) is 24.9 Å². The molecule has 0 saturated carbocycles. The van der Waals surface area contributed by atoms with Gasteiger partial charge >= 0.3 is 0 Å². The number of ether oxygens (including phenoxy) is 1. The molecular weight excluding hydrogens is 356 g/mol. The lowest BCUT2D eigenvalue weighted by Crippen LogP contribution is -2.32. The second kappa shape index (κ2) is 8.35. The Bertz CT molecular complexity index is 813. The normalized spacial score (nSPS) is 16.6. The summed E-state index contributed by atoms with van der Waals surface area (Å²) in [6.07, 6.45) is 3.10. The smallest absolute Gasteiger partial charge is 0.273 e. The van der Waals surface area contributed by atoms with E-state index in [1.807, 2.05) is 46.7 Å². The van der Waals surface area contributed by atoms with E-state index >= 15 is 0 Å². The fraction of sp³-hybridized carbons (Fsp3) is 0.273. The van der Waals surface area contributed by atoms with Crippen molar-refractivity contribution >= 4 is 17.2 Å². The molecule has 0 aliphatic carbocycles. The zero-order chi connectivity index (χ0) is 18.5. The molecule has 1 aromatic heterocycles. The molecule has 5 heteroatoms. The summed E-state index contributed by atoms with van der Waals surface area (Å²) in [4.78, 5) is 19.1. The van der Waals surface area contributed by atoms with Gasteiger partial charge in [0.2, 0.25) is 5.91 Å². The van der Waals surface area contributed by atoms with Crippen molar-refractivity contribution in [3.63, 3.8) is 0 Å². The van der Waals surface area contributed by atoms with Gasteiger partial charge in [-0.1, -0.05) is 72.0 Å². The van der Waals surface area contributed by atoms with E-state index < -0.39 is 0 Å². The number of hydrogen-bond acceptors (Lipinski definition) is 4. The number of amides is 1. The van der Waals surface area contributed by atoms with Crippen LogP contribution in [0.25, 0.3) is 0 Å². The minimum atomic E-state index is 0.0343. The van der Waals surface area contributed by atoms with Gasteiger partial charge in [-0.25, -0.2) is 4.98 Å². The molecule has 1 atom stereocenters. The van der Waals surface area contributed by atoms with E-state index in [4.69, 9.17) is 4.74 Å². The van der Waals surface area contributed by atoms with E-state index in [0.29, 0.717) is 18.2 Å². The Balaban J connectivity index is 1.44. The van der Waals surface area contributed by atoms with E-state index in [9.17, 15) is 4.79 Å². The van der Waals surface area contributed by atoms with Crippen LogP contribution in [0.15, 0.2) is 72.2 Å². The minimum absolute atomic E-state index is 0.0343. The lowest BCUT2D eigenvalue weighted by atomic mass is 9.88. The average molecular weight is 378 g/mol. The minimum Gasteiger partial charge on any atom is -0.465 e. The van der Waals surface area contributed by atoms with E-state index in [-0.39, 0.29) is 17.9 Å². The van der Waals surface area contributed by atoms with Gasteiger partial charge in [0.1, 0.15) is 6.10 Å². The Morgan fingerprint density at radius 1 is 1.11 bits per heavy atom. The van der Waals surface area contributed by atoms with Crippen molar-refractivity contribution in [3.05, 3.63) is 83.4 Å². The molecule has 4 rings (SSSR count). The molecule has 0 bridgehead atoms. The first kappa shape index (κ1) is 17.7. The van der Waals surface area contributed by atoms with Crippen molar-refractivity contribution in [3.8, 4) is 5.19 Å². The maximum absolute atomic E-state index is 13.0. The molecule has 0 radical (unpaired) electrons. The summed E-state index contributed by atoms with van der Waals surface area (Å²) in [5.41, 5.74) is 2.35. The van der Waals surface area contributed by atoms with Crippen LogP contribution in [-0.2, 0) is 4.79 Å². The molecule has 4 nitrogen and oxygen atoms in total. The van der Waals surface area contributed by atoms with Crippen LogP contribution in [-0.4, -0.2) is 35.0 Å². The standard InChI is InChI=1S/C22H22N2O2S/c25-21(24-13-11-19(16-24)26-22-23-12-14-27-22)15-20(17-7-3-1-4-8-17)18-9-5-2-6-10-18/h1-10,12,14,19-20H,11,13,15-16H2. The lowest BCUT2D eigenvalue weighted by Gasteiger charge is -2.22. The number of likely N-dealkylation sites (tertiary alicyclic amines) is 1.